The van der Waals surface area contributed by atoms with Crippen LogP contribution < -0.4 is 0 Å². The maximum Gasteiger partial charge on any atom is 4.00 e. The molecule has 0 rings (SSSR count). The van der Waals surface area contributed by atoms with Crippen LogP contribution in [0.3, 0.4) is 0 Å². The molecule has 0 radical (unpaired) electrons. The Hall–Kier alpha value is 1.76. The molecule has 0 atom stereocenters. The van der Waals surface area contributed by atoms with Crippen molar-refractivity contribution in [3.05, 3.63) is 0 Å². The minimum Gasteiger partial charge on any atom is -2.00 e. The smallest absolute Gasteiger partial charge is 2.00 e. The fraction of sp³-hybridized carbons (Fsp3) is 0. The Balaban J connectivity index is 0. The van der Waals surface area contributed by atoms with Crippen LogP contribution in [0.5, 0.6) is 0 Å². The van der Waals surface area contributed by atoms with Crippen molar-refractivity contribution >= 4 is 23.9 Å². The van der Waals surface area contributed by atoms with Crippen LogP contribution in [0, 0.1) is 0 Å². The summed E-state index contributed by atoms with van der Waals surface area (Å²) in [5, 5.41) is 0. The predicted octanol–water partition coefficient (Wildman–Crippen LogP) is -0.861. The fourth-order valence-electron chi connectivity index (χ4n) is 0. The Morgan fingerprint density at radius 1 is 0.571 bits per heavy atom. The second kappa shape index (κ2) is 115. The molecule has 0 aromatic rings. The Bertz CT molecular complexity index is 11.7. The zero-order valence-corrected chi connectivity index (χ0v) is 9.97. The van der Waals surface area contributed by atoms with Gasteiger partial charge in [-0.05, 0) is 0 Å². The van der Waals surface area contributed by atoms with Gasteiger partial charge in [-0.2, -0.15) is 0 Å². The summed E-state index contributed by atoms with van der Waals surface area (Å²) in [4.78, 5) is 0. The Kier molecular flexibility index (Phi) is 2800. The average molecular weight is 307 g/mol. The van der Waals surface area contributed by atoms with E-state index in [-0.39, 0.29) is 81.8 Å². The molecule has 0 fully saturated rings. The molecule has 7 heteroatoms. The van der Waals surface area contributed by atoms with Crippen LogP contribution in [-0.4, -0.2) is 23.9 Å². The van der Waals surface area contributed by atoms with Gasteiger partial charge in [-0.3, -0.25) is 0 Å². The van der Waals surface area contributed by atoms with E-state index >= 15 is 0 Å². The summed E-state index contributed by atoms with van der Waals surface area (Å²) in [5.41, 5.74) is 0. The van der Waals surface area contributed by atoms with Crippen molar-refractivity contribution in [2.24, 2.45) is 0 Å². The van der Waals surface area contributed by atoms with Crippen LogP contribution in [0.1, 0.15) is 0 Å². The monoisotopic (exact) mass is 306 g/mol. The van der Waals surface area contributed by atoms with Crippen molar-refractivity contribution in [3.8, 4) is 0 Å². The standard InChI is InChI=1S/Ni.4O.Sn.Zn/q+2;4*-2;+4;+2. The van der Waals surface area contributed by atoms with Gasteiger partial charge in [0.15, 0.2) is 0 Å². The first kappa shape index (κ1) is 171. The minimum atomic E-state index is 0. The van der Waals surface area contributed by atoms with Crippen molar-refractivity contribution in [3.63, 3.8) is 0 Å². The predicted molar refractivity (Wildman–Crippen MR) is 8.50 cm³/mol. The molecular weight excluding hydrogens is 307 g/mol. The Morgan fingerprint density at radius 3 is 0.571 bits per heavy atom. The van der Waals surface area contributed by atoms with Crippen molar-refractivity contribution in [2.75, 3.05) is 0 Å². The van der Waals surface area contributed by atoms with E-state index in [2.05, 4.69) is 0 Å². The molecule has 0 N–H and O–H groups in total. The molecule has 0 aliphatic rings. The molecule has 0 unspecified atom stereocenters. The second-order valence-corrected chi connectivity index (χ2v) is 0. The van der Waals surface area contributed by atoms with E-state index < -0.39 is 0 Å². The summed E-state index contributed by atoms with van der Waals surface area (Å²) < 4.78 is 0. The zero-order chi connectivity index (χ0) is 0. The molecular formula is NiO4SnZn. The number of rotatable bonds is 0. The van der Waals surface area contributed by atoms with Gasteiger partial charge in [0, 0.05) is 0 Å². The summed E-state index contributed by atoms with van der Waals surface area (Å²) in [7, 11) is 0. The van der Waals surface area contributed by atoms with E-state index in [0.29, 0.717) is 0 Å². The average Bonchev–Trinajstić information content (AvgIpc) is 0. The topological polar surface area (TPSA) is 114 Å². The largest absolute Gasteiger partial charge is 4.00 e. The van der Waals surface area contributed by atoms with Gasteiger partial charge in [-0.15, -0.1) is 0 Å². The SMILES string of the molecule is [Ni+2].[O-2].[O-2].[O-2].[O-2].[Sn+4].[Zn+2]. The first-order chi connectivity index (χ1) is 0. The van der Waals surface area contributed by atoms with Crippen molar-refractivity contribution in [2.45, 2.75) is 0 Å². The van der Waals surface area contributed by atoms with Crippen LogP contribution in [0.25, 0.3) is 0 Å². The molecule has 0 aliphatic carbocycles. The van der Waals surface area contributed by atoms with Crippen LogP contribution in [0.15, 0.2) is 0 Å². The van der Waals surface area contributed by atoms with E-state index in [4.69, 9.17) is 0 Å². The molecule has 0 heterocycles. The van der Waals surface area contributed by atoms with Gasteiger partial charge >= 0.3 is 59.9 Å². The van der Waals surface area contributed by atoms with Crippen molar-refractivity contribution in [1.29, 1.82) is 0 Å². The molecule has 0 bridgehead atoms. The summed E-state index contributed by atoms with van der Waals surface area (Å²) in [5.74, 6) is 0. The third-order valence-corrected chi connectivity index (χ3v) is 0. The Labute approximate surface area is 81.3 Å². The maximum absolute atomic E-state index is 0. The van der Waals surface area contributed by atoms with Crippen LogP contribution >= 0.6 is 0 Å². The van der Waals surface area contributed by atoms with E-state index in [9.17, 15) is 0 Å². The quantitative estimate of drug-likeness (QED) is 0.518. The first-order valence-electron chi connectivity index (χ1n) is 0. The third-order valence-electron chi connectivity index (χ3n) is 0. The molecule has 0 saturated carbocycles. The minimum absolute atomic E-state index is 0. The molecule has 40 valence electrons. The molecule has 0 aromatic carbocycles. The molecule has 4 nitrogen and oxygen atoms in total. The van der Waals surface area contributed by atoms with Gasteiger partial charge in [0.1, 0.15) is 0 Å². The molecule has 7 heavy (non-hydrogen) atoms. The van der Waals surface area contributed by atoms with Crippen molar-refractivity contribution in [1.82, 2.24) is 0 Å². The van der Waals surface area contributed by atoms with Gasteiger partial charge in [0.05, 0.1) is 0 Å². The van der Waals surface area contributed by atoms with Gasteiger partial charge in [0.25, 0.3) is 0 Å². The summed E-state index contributed by atoms with van der Waals surface area (Å²) in [6.45, 7) is 0. The van der Waals surface area contributed by atoms with Gasteiger partial charge in [-0.1, -0.05) is 0 Å². The summed E-state index contributed by atoms with van der Waals surface area (Å²) in [6, 6.07) is 0. The van der Waals surface area contributed by atoms with Gasteiger partial charge in [0.2, 0.25) is 0 Å². The zero-order valence-electron chi connectivity index (χ0n) is 3.16. The summed E-state index contributed by atoms with van der Waals surface area (Å²) in [6.07, 6.45) is 0. The molecule has 0 aromatic heterocycles. The molecule has 0 aliphatic heterocycles. The van der Waals surface area contributed by atoms with E-state index in [1.165, 1.54) is 0 Å². The van der Waals surface area contributed by atoms with E-state index in [0.717, 1.165) is 0 Å². The molecule has 0 spiro atoms. The van der Waals surface area contributed by atoms with Gasteiger partial charge < -0.3 is 21.9 Å². The number of hydrogen-bond donors (Lipinski definition) is 0. The van der Waals surface area contributed by atoms with E-state index in [1.54, 1.807) is 0 Å². The first-order valence-corrected chi connectivity index (χ1v) is 0. The number of hydrogen-bond acceptors (Lipinski definition) is 0. The molecule has 0 saturated heterocycles. The maximum atomic E-state index is 0. The van der Waals surface area contributed by atoms with E-state index in [1.807, 2.05) is 0 Å². The summed E-state index contributed by atoms with van der Waals surface area (Å²) >= 11 is 0. The molecule has 0 amide bonds. The normalized spacial score (nSPS) is 0. The van der Waals surface area contributed by atoms with Crippen LogP contribution in [0.2, 0.25) is 0 Å². The second-order valence-electron chi connectivity index (χ2n) is 0. The Morgan fingerprint density at radius 2 is 0.571 bits per heavy atom. The fourth-order valence-corrected chi connectivity index (χ4v) is 0. The third kappa shape index (κ3) is 83.4. The van der Waals surface area contributed by atoms with Crippen molar-refractivity contribution < 1.29 is 57.9 Å². The van der Waals surface area contributed by atoms with Crippen LogP contribution in [-0.2, 0) is 57.9 Å². The van der Waals surface area contributed by atoms with Gasteiger partial charge in [-0.25, -0.2) is 0 Å². The van der Waals surface area contributed by atoms with Crippen LogP contribution in [0.4, 0.5) is 0 Å².